The third-order valence-corrected chi connectivity index (χ3v) is 2.80. The van der Waals surface area contributed by atoms with E-state index in [0.29, 0.717) is 13.2 Å². The zero-order valence-electron chi connectivity index (χ0n) is 11.7. The van der Waals surface area contributed by atoms with Crippen LogP contribution in [0.3, 0.4) is 0 Å². The van der Waals surface area contributed by atoms with E-state index in [4.69, 9.17) is 9.57 Å². The molecule has 17 heavy (non-hydrogen) atoms. The number of carbonyl (C=O) groups is 1. The van der Waals surface area contributed by atoms with Gasteiger partial charge in [0.25, 0.3) is 0 Å². The molecule has 0 bridgehead atoms. The predicted molar refractivity (Wildman–Crippen MR) is 65.5 cm³/mol. The standard InChI is InChI=1S/C12H24N2O3/c1-7-16-11(15)14-8-9(17-13(5)6)10(14)12(2,3)4/h9-10H,7-8H2,1-6H3. The molecular weight excluding hydrogens is 220 g/mol. The highest BCUT2D eigenvalue weighted by molar-refractivity contribution is 5.69. The van der Waals surface area contributed by atoms with Crippen LogP contribution in [-0.4, -0.2) is 55.4 Å². The summed E-state index contributed by atoms with van der Waals surface area (Å²) in [5, 5.41) is 1.69. The number of rotatable bonds is 3. The minimum atomic E-state index is -0.244. The van der Waals surface area contributed by atoms with Crippen molar-refractivity contribution in [2.45, 2.75) is 39.8 Å². The smallest absolute Gasteiger partial charge is 0.410 e. The molecule has 1 aliphatic heterocycles. The molecule has 1 fully saturated rings. The second kappa shape index (κ2) is 5.23. The molecule has 0 N–H and O–H groups in total. The van der Waals surface area contributed by atoms with Crippen LogP contribution in [0, 0.1) is 5.41 Å². The first-order chi connectivity index (χ1) is 7.77. The van der Waals surface area contributed by atoms with Crippen molar-refractivity contribution in [2.24, 2.45) is 5.41 Å². The van der Waals surface area contributed by atoms with Crippen molar-refractivity contribution in [3.8, 4) is 0 Å². The van der Waals surface area contributed by atoms with Gasteiger partial charge in [0.15, 0.2) is 0 Å². The van der Waals surface area contributed by atoms with Crippen molar-refractivity contribution in [1.29, 1.82) is 0 Å². The quantitative estimate of drug-likeness (QED) is 0.709. The van der Waals surface area contributed by atoms with Gasteiger partial charge in [0.1, 0.15) is 6.10 Å². The van der Waals surface area contributed by atoms with Crippen LogP contribution >= 0.6 is 0 Å². The zero-order valence-corrected chi connectivity index (χ0v) is 11.7. The summed E-state index contributed by atoms with van der Waals surface area (Å²) in [6.07, 6.45) is -0.194. The number of hydroxylamine groups is 2. The number of carbonyl (C=O) groups excluding carboxylic acids is 1. The monoisotopic (exact) mass is 244 g/mol. The molecule has 0 aromatic carbocycles. The van der Waals surface area contributed by atoms with E-state index in [1.165, 1.54) is 0 Å². The maximum Gasteiger partial charge on any atom is 0.410 e. The second-order valence-corrected chi connectivity index (χ2v) is 5.62. The Bertz CT molecular complexity index is 273. The number of hydrogen-bond donors (Lipinski definition) is 0. The molecule has 1 amide bonds. The number of ether oxygens (including phenoxy) is 1. The summed E-state index contributed by atoms with van der Waals surface area (Å²) in [5.41, 5.74) is -0.0221. The van der Waals surface area contributed by atoms with Crippen molar-refractivity contribution in [3.05, 3.63) is 0 Å². The molecule has 1 rings (SSSR count). The van der Waals surface area contributed by atoms with Gasteiger partial charge < -0.3 is 4.74 Å². The van der Waals surface area contributed by atoms with Gasteiger partial charge in [-0.3, -0.25) is 9.74 Å². The molecule has 5 nitrogen and oxygen atoms in total. The fourth-order valence-electron chi connectivity index (χ4n) is 2.25. The largest absolute Gasteiger partial charge is 0.450 e. The summed E-state index contributed by atoms with van der Waals surface area (Å²) in [6.45, 7) is 9.14. The van der Waals surface area contributed by atoms with E-state index in [0.717, 1.165) is 0 Å². The maximum atomic E-state index is 11.7. The van der Waals surface area contributed by atoms with Gasteiger partial charge >= 0.3 is 6.09 Å². The zero-order chi connectivity index (χ0) is 13.2. The fourth-order valence-corrected chi connectivity index (χ4v) is 2.25. The van der Waals surface area contributed by atoms with E-state index in [1.54, 1.807) is 9.96 Å². The van der Waals surface area contributed by atoms with Gasteiger partial charge in [-0.2, -0.15) is 5.06 Å². The summed E-state index contributed by atoms with van der Waals surface area (Å²) in [6, 6.07) is 0.0592. The average Bonchev–Trinajstić information content (AvgIpc) is 2.08. The number of likely N-dealkylation sites (tertiary alicyclic amines) is 1. The van der Waals surface area contributed by atoms with Crippen molar-refractivity contribution in [2.75, 3.05) is 27.2 Å². The minimum Gasteiger partial charge on any atom is -0.450 e. The van der Waals surface area contributed by atoms with Crippen molar-refractivity contribution in [3.63, 3.8) is 0 Å². The van der Waals surface area contributed by atoms with E-state index in [-0.39, 0.29) is 23.7 Å². The molecule has 1 aliphatic rings. The SMILES string of the molecule is CCOC(=O)N1CC(ON(C)C)C1C(C)(C)C. The van der Waals surface area contributed by atoms with Gasteiger partial charge in [-0.15, -0.1) is 0 Å². The van der Waals surface area contributed by atoms with Crippen LogP contribution in [-0.2, 0) is 9.57 Å². The van der Waals surface area contributed by atoms with E-state index >= 15 is 0 Å². The lowest BCUT2D eigenvalue weighted by molar-refractivity contribution is -0.236. The topological polar surface area (TPSA) is 42.0 Å². The van der Waals surface area contributed by atoms with Gasteiger partial charge in [-0.25, -0.2) is 4.79 Å². The normalized spacial score (nSPS) is 24.8. The second-order valence-electron chi connectivity index (χ2n) is 5.62. The van der Waals surface area contributed by atoms with Crippen LogP contribution < -0.4 is 0 Å². The molecule has 2 atom stereocenters. The van der Waals surface area contributed by atoms with Crippen molar-refractivity contribution >= 4 is 6.09 Å². The van der Waals surface area contributed by atoms with Gasteiger partial charge in [0, 0.05) is 14.1 Å². The Morgan fingerprint density at radius 1 is 1.41 bits per heavy atom. The fraction of sp³-hybridized carbons (Fsp3) is 0.917. The molecule has 5 heteroatoms. The average molecular weight is 244 g/mol. The summed E-state index contributed by atoms with van der Waals surface area (Å²) >= 11 is 0. The van der Waals surface area contributed by atoms with Crippen molar-refractivity contribution < 1.29 is 14.4 Å². The lowest BCUT2D eigenvalue weighted by Gasteiger charge is -2.52. The highest BCUT2D eigenvalue weighted by Gasteiger charge is 2.50. The third-order valence-electron chi connectivity index (χ3n) is 2.80. The van der Waals surface area contributed by atoms with E-state index < -0.39 is 0 Å². The summed E-state index contributed by atoms with van der Waals surface area (Å²) in [7, 11) is 3.71. The molecule has 0 spiro atoms. The lowest BCUT2D eigenvalue weighted by atomic mass is 9.77. The molecule has 0 saturated carbocycles. The molecular formula is C12H24N2O3. The predicted octanol–water partition coefficient (Wildman–Crippen LogP) is 1.73. The van der Waals surface area contributed by atoms with Crippen molar-refractivity contribution in [1.82, 2.24) is 9.96 Å². The van der Waals surface area contributed by atoms with E-state index in [1.807, 2.05) is 21.0 Å². The van der Waals surface area contributed by atoms with Crippen LogP contribution in [0.5, 0.6) is 0 Å². The van der Waals surface area contributed by atoms with E-state index in [9.17, 15) is 4.79 Å². The molecule has 0 aromatic heterocycles. The molecule has 0 radical (unpaired) electrons. The first-order valence-electron chi connectivity index (χ1n) is 6.05. The Hall–Kier alpha value is -0.810. The Kier molecular flexibility index (Phi) is 4.38. The molecule has 100 valence electrons. The van der Waals surface area contributed by atoms with Crippen LogP contribution in [0.1, 0.15) is 27.7 Å². The molecule has 1 heterocycles. The summed E-state index contributed by atoms with van der Waals surface area (Å²) in [4.78, 5) is 19.2. The number of amides is 1. The molecule has 0 aliphatic carbocycles. The number of nitrogens with zero attached hydrogens (tertiary/aromatic N) is 2. The van der Waals surface area contributed by atoms with Crippen LogP contribution in [0.15, 0.2) is 0 Å². The van der Waals surface area contributed by atoms with Crippen LogP contribution in [0.2, 0.25) is 0 Å². The minimum absolute atomic E-state index is 0.0221. The third kappa shape index (κ3) is 3.33. The summed E-state index contributed by atoms with van der Waals surface area (Å²) < 4.78 is 5.04. The maximum absolute atomic E-state index is 11.7. The van der Waals surface area contributed by atoms with E-state index in [2.05, 4.69) is 20.8 Å². The Balaban J connectivity index is 2.68. The highest BCUT2D eigenvalue weighted by Crippen LogP contribution is 2.36. The Morgan fingerprint density at radius 2 is 2.00 bits per heavy atom. The molecule has 0 aromatic rings. The highest BCUT2D eigenvalue weighted by atomic mass is 16.7. The Labute approximate surface area is 104 Å². The number of hydrogen-bond acceptors (Lipinski definition) is 4. The lowest BCUT2D eigenvalue weighted by Crippen LogP contribution is -2.68. The van der Waals surface area contributed by atoms with Crippen LogP contribution in [0.25, 0.3) is 0 Å². The molecule has 2 unspecified atom stereocenters. The summed E-state index contributed by atoms with van der Waals surface area (Å²) in [5.74, 6) is 0. The van der Waals surface area contributed by atoms with Gasteiger partial charge in [0.05, 0.1) is 19.2 Å². The van der Waals surface area contributed by atoms with Gasteiger partial charge in [-0.1, -0.05) is 20.8 Å². The Morgan fingerprint density at radius 3 is 2.41 bits per heavy atom. The van der Waals surface area contributed by atoms with Gasteiger partial charge in [0.2, 0.25) is 0 Å². The first-order valence-corrected chi connectivity index (χ1v) is 6.05. The first kappa shape index (κ1) is 14.3. The van der Waals surface area contributed by atoms with Gasteiger partial charge in [-0.05, 0) is 12.3 Å². The molecule has 1 saturated heterocycles. The van der Waals surface area contributed by atoms with Crippen LogP contribution in [0.4, 0.5) is 4.79 Å².